The standard InChI is InChI=1S/C10H8ClNO2S/c1-14-12-10(13)9-8(11)6-4-2-3-5-7(6)15-9/h2-5H,1H3,(H,12,13). The van der Waals surface area contributed by atoms with E-state index in [-0.39, 0.29) is 5.91 Å². The number of benzene rings is 1. The zero-order valence-electron chi connectivity index (χ0n) is 7.91. The molecular formula is C10H8ClNO2S. The third-order valence-corrected chi connectivity index (χ3v) is 3.61. The lowest BCUT2D eigenvalue weighted by molar-refractivity contribution is 0.0542. The number of thiophene rings is 1. The maximum absolute atomic E-state index is 11.5. The van der Waals surface area contributed by atoms with Gasteiger partial charge >= 0.3 is 0 Å². The number of nitrogens with one attached hydrogen (secondary N) is 1. The minimum atomic E-state index is -0.316. The van der Waals surface area contributed by atoms with E-state index in [0.717, 1.165) is 10.1 Å². The van der Waals surface area contributed by atoms with Crippen molar-refractivity contribution in [3.05, 3.63) is 34.2 Å². The van der Waals surface area contributed by atoms with Crippen molar-refractivity contribution in [1.82, 2.24) is 5.48 Å². The van der Waals surface area contributed by atoms with E-state index in [0.29, 0.717) is 9.90 Å². The molecule has 0 radical (unpaired) electrons. The lowest BCUT2D eigenvalue weighted by Gasteiger charge is -1.98. The van der Waals surface area contributed by atoms with Gasteiger partial charge in [0.2, 0.25) is 0 Å². The average molecular weight is 242 g/mol. The first-order valence-electron chi connectivity index (χ1n) is 4.24. The van der Waals surface area contributed by atoms with Crippen LogP contribution in [0.3, 0.4) is 0 Å². The first-order chi connectivity index (χ1) is 7.24. The van der Waals surface area contributed by atoms with Gasteiger partial charge in [0.05, 0.1) is 12.1 Å². The first kappa shape index (κ1) is 10.4. The van der Waals surface area contributed by atoms with Gasteiger partial charge < -0.3 is 0 Å². The Morgan fingerprint density at radius 2 is 2.20 bits per heavy atom. The summed E-state index contributed by atoms with van der Waals surface area (Å²) in [6, 6.07) is 7.61. The van der Waals surface area contributed by atoms with E-state index in [1.807, 2.05) is 24.3 Å². The van der Waals surface area contributed by atoms with E-state index in [1.54, 1.807) is 0 Å². The highest BCUT2D eigenvalue weighted by Gasteiger charge is 2.16. The number of amides is 1. The average Bonchev–Trinajstić information content (AvgIpc) is 2.57. The molecule has 1 amide bonds. The third-order valence-electron chi connectivity index (χ3n) is 1.94. The van der Waals surface area contributed by atoms with E-state index in [9.17, 15) is 4.79 Å². The summed E-state index contributed by atoms with van der Waals surface area (Å²) in [5.41, 5.74) is 2.25. The van der Waals surface area contributed by atoms with Crippen molar-refractivity contribution in [3.63, 3.8) is 0 Å². The van der Waals surface area contributed by atoms with Crippen molar-refractivity contribution in [3.8, 4) is 0 Å². The maximum atomic E-state index is 11.5. The molecule has 2 rings (SSSR count). The van der Waals surface area contributed by atoms with Crippen LogP contribution < -0.4 is 5.48 Å². The van der Waals surface area contributed by atoms with E-state index >= 15 is 0 Å². The van der Waals surface area contributed by atoms with E-state index in [2.05, 4.69) is 10.3 Å². The van der Waals surface area contributed by atoms with Gasteiger partial charge in [-0.1, -0.05) is 29.8 Å². The highest BCUT2D eigenvalue weighted by molar-refractivity contribution is 7.21. The summed E-state index contributed by atoms with van der Waals surface area (Å²) in [5, 5.41) is 1.37. The summed E-state index contributed by atoms with van der Waals surface area (Å²) in [7, 11) is 1.39. The van der Waals surface area contributed by atoms with Crippen molar-refractivity contribution in [2.45, 2.75) is 0 Å². The number of hydrogen-bond acceptors (Lipinski definition) is 3. The molecule has 0 aliphatic heterocycles. The Hall–Kier alpha value is -1.10. The zero-order valence-corrected chi connectivity index (χ0v) is 9.48. The minimum Gasteiger partial charge on any atom is -0.277 e. The number of halogens is 1. The molecule has 0 fully saturated rings. The Kier molecular flexibility index (Phi) is 2.90. The highest BCUT2D eigenvalue weighted by Crippen LogP contribution is 2.34. The van der Waals surface area contributed by atoms with Gasteiger partial charge in [-0.2, -0.15) is 0 Å². The van der Waals surface area contributed by atoms with Gasteiger partial charge in [-0.05, 0) is 6.07 Å². The molecule has 1 aromatic heterocycles. The molecule has 78 valence electrons. The summed E-state index contributed by atoms with van der Waals surface area (Å²) >= 11 is 7.43. The van der Waals surface area contributed by atoms with Gasteiger partial charge in [0.1, 0.15) is 4.88 Å². The van der Waals surface area contributed by atoms with Gasteiger partial charge in [0.15, 0.2) is 0 Å². The molecule has 0 saturated heterocycles. The molecule has 0 unspecified atom stereocenters. The van der Waals surface area contributed by atoms with Gasteiger partial charge in [0.25, 0.3) is 5.91 Å². The molecular weight excluding hydrogens is 234 g/mol. The van der Waals surface area contributed by atoms with Crippen molar-refractivity contribution in [1.29, 1.82) is 0 Å². The summed E-state index contributed by atoms with van der Waals surface area (Å²) in [6.45, 7) is 0. The molecule has 0 atom stereocenters. The monoisotopic (exact) mass is 241 g/mol. The molecule has 0 spiro atoms. The van der Waals surface area contributed by atoms with Crippen LogP contribution in [-0.2, 0) is 4.84 Å². The number of fused-ring (bicyclic) bond motifs is 1. The molecule has 0 bridgehead atoms. The fourth-order valence-corrected chi connectivity index (χ4v) is 2.70. The van der Waals surface area contributed by atoms with Crippen LogP contribution in [0.5, 0.6) is 0 Å². The Balaban J connectivity index is 2.53. The second-order valence-electron chi connectivity index (χ2n) is 2.88. The van der Waals surface area contributed by atoms with E-state index < -0.39 is 0 Å². The Bertz CT molecular complexity index is 509. The molecule has 0 aliphatic carbocycles. The molecule has 0 saturated carbocycles. The number of carbonyl (C=O) groups excluding carboxylic acids is 1. The van der Waals surface area contributed by atoms with Gasteiger partial charge in [-0.15, -0.1) is 11.3 Å². The predicted octanol–water partition coefficient (Wildman–Crippen LogP) is 2.85. The summed E-state index contributed by atoms with van der Waals surface area (Å²) < 4.78 is 0.990. The second-order valence-corrected chi connectivity index (χ2v) is 4.31. The number of hydroxylamine groups is 1. The highest BCUT2D eigenvalue weighted by atomic mass is 35.5. The molecule has 1 N–H and O–H groups in total. The molecule has 3 nitrogen and oxygen atoms in total. The van der Waals surface area contributed by atoms with Gasteiger partial charge in [-0.25, -0.2) is 5.48 Å². The van der Waals surface area contributed by atoms with E-state index in [4.69, 9.17) is 11.6 Å². The van der Waals surface area contributed by atoms with Crippen molar-refractivity contribution in [2.75, 3.05) is 7.11 Å². The number of hydrogen-bond donors (Lipinski definition) is 1. The first-order valence-corrected chi connectivity index (χ1v) is 5.44. The van der Waals surface area contributed by atoms with Crippen molar-refractivity contribution in [2.24, 2.45) is 0 Å². The minimum absolute atomic E-state index is 0.316. The van der Waals surface area contributed by atoms with Crippen LogP contribution in [0.2, 0.25) is 5.02 Å². The predicted molar refractivity (Wildman–Crippen MR) is 61.3 cm³/mol. The lowest BCUT2D eigenvalue weighted by atomic mass is 10.2. The second kappa shape index (κ2) is 4.18. The third kappa shape index (κ3) is 1.84. The van der Waals surface area contributed by atoms with Crippen LogP contribution in [0.25, 0.3) is 10.1 Å². The van der Waals surface area contributed by atoms with Crippen LogP contribution >= 0.6 is 22.9 Å². The molecule has 1 heterocycles. The van der Waals surface area contributed by atoms with Crippen LogP contribution in [0.1, 0.15) is 9.67 Å². The smallest absolute Gasteiger partial charge is 0.277 e. The van der Waals surface area contributed by atoms with Crippen LogP contribution in [-0.4, -0.2) is 13.0 Å². The fraction of sp³-hybridized carbons (Fsp3) is 0.100. The molecule has 15 heavy (non-hydrogen) atoms. The summed E-state index contributed by atoms with van der Waals surface area (Å²) in [6.07, 6.45) is 0. The summed E-state index contributed by atoms with van der Waals surface area (Å²) in [5.74, 6) is -0.316. The summed E-state index contributed by atoms with van der Waals surface area (Å²) in [4.78, 5) is 16.6. The van der Waals surface area contributed by atoms with Crippen LogP contribution in [0.15, 0.2) is 24.3 Å². The normalized spacial score (nSPS) is 10.5. The van der Waals surface area contributed by atoms with Crippen molar-refractivity contribution >= 4 is 38.9 Å². The molecule has 5 heteroatoms. The number of carbonyl (C=O) groups is 1. The lowest BCUT2D eigenvalue weighted by Crippen LogP contribution is -2.20. The Morgan fingerprint density at radius 1 is 1.47 bits per heavy atom. The Labute approximate surface area is 95.6 Å². The zero-order chi connectivity index (χ0) is 10.8. The van der Waals surface area contributed by atoms with Crippen molar-refractivity contribution < 1.29 is 9.63 Å². The Morgan fingerprint density at radius 3 is 2.87 bits per heavy atom. The fourth-order valence-electron chi connectivity index (χ4n) is 1.30. The molecule has 2 aromatic rings. The number of rotatable bonds is 2. The largest absolute Gasteiger partial charge is 0.286 e. The van der Waals surface area contributed by atoms with Gasteiger partial charge in [0, 0.05) is 10.1 Å². The van der Waals surface area contributed by atoms with Crippen LogP contribution in [0.4, 0.5) is 0 Å². The molecule has 0 aliphatic rings. The maximum Gasteiger partial charge on any atom is 0.286 e. The molecule has 1 aromatic carbocycles. The van der Waals surface area contributed by atoms with Crippen LogP contribution in [0, 0.1) is 0 Å². The van der Waals surface area contributed by atoms with E-state index in [1.165, 1.54) is 18.4 Å². The van der Waals surface area contributed by atoms with Gasteiger partial charge in [-0.3, -0.25) is 9.63 Å². The topological polar surface area (TPSA) is 38.3 Å². The quantitative estimate of drug-likeness (QED) is 0.821. The SMILES string of the molecule is CONC(=O)c1sc2ccccc2c1Cl.